The molecule has 4 rings (SSSR count). The number of anilines is 1. The Bertz CT molecular complexity index is 1220. The number of hydrogen-bond donors (Lipinski definition) is 3. The molecular weight excluding hydrogens is 382 g/mol. The normalized spacial score (nSPS) is 11.6. The van der Waals surface area contributed by atoms with E-state index in [0.717, 1.165) is 16.8 Å². The summed E-state index contributed by atoms with van der Waals surface area (Å²) in [5, 5.41) is 26.8. The van der Waals surface area contributed by atoms with E-state index in [4.69, 9.17) is 0 Å². The molecule has 0 spiro atoms. The third-order valence-electron chi connectivity index (χ3n) is 4.67. The van der Waals surface area contributed by atoms with Crippen LogP contribution in [-0.2, 0) is 5.60 Å². The summed E-state index contributed by atoms with van der Waals surface area (Å²) in [7, 11) is 0. The second kappa shape index (κ2) is 7.23. The van der Waals surface area contributed by atoms with Gasteiger partial charge in [-0.2, -0.15) is 5.10 Å². The molecule has 8 heteroatoms. The summed E-state index contributed by atoms with van der Waals surface area (Å²) >= 11 is 0. The van der Waals surface area contributed by atoms with E-state index in [9.17, 15) is 15.0 Å². The van der Waals surface area contributed by atoms with Crippen LogP contribution in [0.15, 0.2) is 54.7 Å². The fourth-order valence-corrected chi connectivity index (χ4v) is 3.11. The zero-order valence-electron chi connectivity index (χ0n) is 16.8. The third kappa shape index (κ3) is 3.85. The molecule has 0 atom stereocenters. The molecule has 0 fully saturated rings. The smallest absolute Gasteiger partial charge is 0.256 e. The van der Waals surface area contributed by atoms with E-state index in [-0.39, 0.29) is 11.8 Å². The summed E-state index contributed by atoms with van der Waals surface area (Å²) in [6.45, 7) is 5.25. The minimum Gasteiger partial charge on any atom is -0.493 e. The van der Waals surface area contributed by atoms with Crippen molar-refractivity contribution in [1.29, 1.82) is 0 Å². The molecule has 0 bridgehead atoms. The fourth-order valence-electron chi connectivity index (χ4n) is 3.11. The van der Waals surface area contributed by atoms with Crippen LogP contribution < -0.4 is 5.32 Å². The van der Waals surface area contributed by atoms with Crippen molar-refractivity contribution >= 4 is 17.2 Å². The molecule has 1 amide bonds. The Morgan fingerprint density at radius 3 is 2.47 bits per heavy atom. The number of hydrogen-bond acceptors (Lipinski definition) is 6. The number of fused-ring (bicyclic) bond motifs is 1. The Morgan fingerprint density at radius 1 is 1.10 bits per heavy atom. The van der Waals surface area contributed by atoms with Crippen molar-refractivity contribution in [2.24, 2.45) is 0 Å². The summed E-state index contributed by atoms with van der Waals surface area (Å²) < 4.78 is 1.66. The summed E-state index contributed by atoms with van der Waals surface area (Å²) in [4.78, 5) is 21.2. The Hall–Kier alpha value is -3.78. The summed E-state index contributed by atoms with van der Waals surface area (Å²) in [6, 6.07) is 13.5. The zero-order valence-corrected chi connectivity index (χ0v) is 16.8. The first-order valence-electron chi connectivity index (χ1n) is 9.38. The largest absolute Gasteiger partial charge is 0.493 e. The molecule has 3 aromatic heterocycles. The first-order valence-corrected chi connectivity index (χ1v) is 9.38. The van der Waals surface area contributed by atoms with Gasteiger partial charge < -0.3 is 15.5 Å². The van der Waals surface area contributed by atoms with Crippen LogP contribution in [0.2, 0.25) is 0 Å². The maximum atomic E-state index is 12.7. The lowest BCUT2D eigenvalue weighted by Crippen LogP contribution is -2.17. The van der Waals surface area contributed by atoms with E-state index in [1.807, 2.05) is 13.0 Å². The standard InChI is InChI=1S/C22H21N5O3/c1-13-10-17-11-18(24-20(27(17)26-13)15-6-9-19(28)23-12-15)25-21(29)14-4-7-16(8-5-14)22(2,3)30/h4-12,30H,1-3H3,(H,23,28)(H,25,29). The monoisotopic (exact) mass is 403 g/mol. The number of aryl methyl sites for hydroxylation is 1. The SMILES string of the molecule is Cc1cc2cc(NC(=O)c3ccc(C(C)(C)O)cc3)nc(-c3ccc(O)nc3)n2n1. The van der Waals surface area contributed by atoms with Gasteiger partial charge in [0.15, 0.2) is 5.82 Å². The van der Waals surface area contributed by atoms with Crippen LogP contribution in [0, 0.1) is 6.92 Å². The zero-order chi connectivity index (χ0) is 21.5. The van der Waals surface area contributed by atoms with Crippen molar-refractivity contribution in [2.75, 3.05) is 5.32 Å². The van der Waals surface area contributed by atoms with Crippen LogP contribution in [0.5, 0.6) is 5.88 Å². The Kier molecular flexibility index (Phi) is 4.71. The maximum Gasteiger partial charge on any atom is 0.256 e. The lowest BCUT2D eigenvalue weighted by atomic mass is 9.97. The van der Waals surface area contributed by atoms with Gasteiger partial charge in [-0.25, -0.2) is 14.5 Å². The molecule has 8 nitrogen and oxygen atoms in total. The molecule has 152 valence electrons. The molecule has 0 aliphatic rings. The van der Waals surface area contributed by atoms with Crippen molar-refractivity contribution in [3.63, 3.8) is 0 Å². The first-order chi connectivity index (χ1) is 14.2. The Labute approximate surface area is 172 Å². The number of aliphatic hydroxyl groups is 1. The van der Waals surface area contributed by atoms with Crippen LogP contribution in [0.1, 0.15) is 35.5 Å². The molecule has 3 heterocycles. The predicted octanol–water partition coefficient (Wildman–Crippen LogP) is 3.29. The molecule has 0 radical (unpaired) electrons. The van der Waals surface area contributed by atoms with Crippen molar-refractivity contribution in [1.82, 2.24) is 19.6 Å². The summed E-state index contributed by atoms with van der Waals surface area (Å²) in [5.41, 5.74) is 2.40. The molecule has 1 aromatic carbocycles. The minimum absolute atomic E-state index is 0.0920. The lowest BCUT2D eigenvalue weighted by molar-refractivity contribution is 0.0785. The summed E-state index contributed by atoms with van der Waals surface area (Å²) in [5.74, 6) is 0.439. The topological polar surface area (TPSA) is 113 Å². The molecule has 0 unspecified atom stereocenters. The number of aromatic hydroxyl groups is 1. The predicted molar refractivity (Wildman–Crippen MR) is 112 cm³/mol. The van der Waals surface area contributed by atoms with Gasteiger partial charge in [-0.1, -0.05) is 12.1 Å². The van der Waals surface area contributed by atoms with E-state index in [1.165, 1.54) is 12.3 Å². The molecule has 30 heavy (non-hydrogen) atoms. The molecule has 0 aliphatic carbocycles. The Morgan fingerprint density at radius 2 is 1.83 bits per heavy atom. The van der Waals surface area contributed by atoms with Gasteiger partial charge in [-0.05, 0) is 50.6 Å². The van der Waals surface area contributed by atoms with E-state index < -0.39 is 5.60 Å². The quantitative estimate of drug-likeness (QED) is 0.482. The van der Waals surface area contributed by atoms with Crippen LogP contribution >= 0.6 is 0 Å². The number of aromatic nitrogens is 4. The molecule has 4 aromatic rings. The van der Waals surface area contributed by atoms with Crippen molar-refractivity contribution in [3.8, 4) is 17.3 Å². The minimum atomic E-state index is -0.978. The van der Waals surface area contributed by atoms with Crippen LogP contribution in [0.25, 0.3) is 16.9 Å². The van der Waals surface area contributed by atoms with Crippen LogP contribution in [0.4, 0.5) is 5.82 Å². The van der Waals surface area contributed by atoms with Gasteiger partial charge in [-0.15, -0.1) is 0 Å². The summed E-state index contributed by atoms with van der Waals surface area (Å²) in [6.07, 6.45) is 1.50. The second-order valence-corrected chi connectivity index (χ2v) is 7.58. The molecular formula is C22H21N5O3. The maximum absolute atomic E-state index is 12.7. The number of carbonyl (C=O) groups is 1. The number of pyridine rings is 1. The van der Waals surface area contributed by atoms with Crippen LogP contribution in [-0.4, -0.2) is 35.7 Å². The fraction of sp³-hybridized carbons (Fsp3) is 0.182. The van der Waals surface area contributed by atoms with Gasteiger partial charge in [-0.3, -0.25) is 4.79 Å². The van der Waals surface area contributed by atoms with E-state index in [2.05, 4.69) is 20.4 Å². The highest BCUT2D eigenvalue weighted by Crippen LogP contribution is 2.24. The van der Waals surface area contributed by atoms with Gasteiger partial charge in [0.05, 0.1) is 16.8 Å². The van der Waals surface area contributed by atoms with Gasteiger partial charge >= 0.3 is 0 Å². The number of amides is 1. The van der Waals surface area contributed by atoms with E-state index in [0.29, 0.717) is 22.8 Å². The van der Waals surface area contributed by atoms with Gasteiger partial charge in [0.25, 0.3) is 5.91 Å². The van der Waals surface area contributed by atoms with Crippen molar-refractivity contribution < 1.29 is 15.0 Å². The number of nitrogens with one attached hydrogen (secondary N) is 1. The highest BCUT2D eigenvalue weighted by Gasteiger charge is 2.17. The average molecular weight is 403 g/mol. The van der Waals surface area contributed by atoms with Crippen molar-refractivity contribution in [2.45, 2.75) is 26.4 Å². The number of rotatable bonds is 4. The Balaban J connectivity index is 1.69. The van der Waals surface area contributed by atoms with Crippen molar-refractivity contribution in [3.05, 3.63) is 71.5 Å². The third-order valence-corrected chi connectivity index (χ3v) is 4.67. The molecule has 3 N–H and O–H groups in total. The van der Waals surface area contributed by atoms with E-state index >= 15 is 0 Å². The van der Waals surface area contributed by atoms with Gasteiger partial charge in [0, 0.05) is 29.5 Å². The number of carbonyl (C=O) groups excluding carboxylic acids is 1. The first kappa shape index (κ1) is 19.5. The molecule has 0 saturated heterocycles. The highest BCUT2D eigenvalue weighted by atomic mass is 16.3. The molecule has 0 aliphatic heterocycles. The van der Waals surface area contributed by atoms with Gasteiger partial charge in [0.2, 0.25) is 5.88 Å². The second-order valence-electron chi connectivity index (χ2n) is 7.58. The van der Waals surface area contributed by atoms with E-state index in [1.54, 1.807) is 54.8 Å². The van der Waals surface area contributed by atoms with Crippen LogP contribution in [0.3, 0.4) is 0 Å². The average Bonchev–Trinajstić information content (AvgIpc) is 3.07. The molecule has 0 saturated carbocycles. The highest BCUT2D eigenvalue weighted by molar-refractivity contribution is 6.04. The number of benzene rings is 1. The lowest BCUT2D eigenvalue weighted by Gasteiger charge is -2.17. The van der Waals surface area contributed by atoms with Gasteiger partial charge in [0.1, 0.15) is 5.82 Å². The number of nitrogens with zero attached hydrogens (tertiary/aromatic N) is 4.